The van der Waals surface area contributed by atoms with Crippen molar-refractivity contribution in [2.45, 2.75) is 50.9 Å². The monoisotopic (exact) mass is 515 g/mol. The maximum Gasteiger partial charge on any atom is 0.270 e. The summed E-state index contributed by atoms with van der Waals surface area (Å²) in [5.41, 5.74) is 1.29. The standard InChI is InChI=1S/C27H25N5O4S/c1-15-2-3-20(32(34)35)10-22(15)23-5-4-21(36-23)9-19(14-28)24(33)29-26-31-30-25(37-26)27-11-16-6-17(12-27)8-18(7-16)13-27/h2-5,9-10,16-18H,6-8,11-13H2,1H3,(H,29,31,33)/b19-9-. The minimum atomic E-state index is -0.583. The lowest BCUT2D eigenvalue weighted by Gasteiger charge is -2.55. The number of aromatic nitrogens is 2. The van der Waals surface area contributed by atoms with Gasteiger partial charge in [0.2, 0.25) is 5.13 Å². The Morgan fingerprint density at radius 3 is 2.54 bits per heavy atom. The Morgan fingerprint density at radius 2 is 1.89 bits per heavy atom. The molecule has 1 amide bonds. The molecule has 4 saturated carbocycles. The number of anilines is 1. The van der Waals surface area contributed by atoms with Gasteiger partial charge in [0.1, 0.15) is 28.2 Å². The van der Waals surface area contributed by atoms with Gasteiger partial charge >= 0.3 is 0 Å². The molecule has 4 fully saturated rings. The van der Waals surface area contributed by atoms with Crippen molar-refractivity contribution in [3.63, 3.8) is 0 Å². The van der Waals surface area contributed by atoms with Crippen molar-refractivity contribution in [2.75, 3.05) is 5.32 Å². The van der Waals surface area contributed by atoms with Crippen molar-refractivity contribution >= 4 is 34.1 Å². The van der Waals surface area contributed by atoms with Gasteiger partial charge < -0.3 is 4.42 Å². The maximum atomic E-state index is 12.9. The fourth-order valence-corrected chi connectivity index (χ4v) is 7.84. The van der Waals surface area contributed by atoms with E-state index in [1.165, 1.54) is 48.8 Å². The molecule has 3 aromatic rings. The number of non-ortho nitro benzene ring substituents is 1. The second-order valence-corrected chi connectivity index (χ2v) is 11.7. The van der Waals surface area contributed by atoms with E-state index in [0.29, 0.717) is 22.2 Å². The fourth-order valence-electron chi connectivity index (χ4n) is 6.88. The SMILES string of the molecule is Cc1ccc([N+](=O)[O-])cc1-c1ccc(/C=C(/C#N)C(=O)Nc2nnc(C34CC5CC(CC(C5)C3)C4)s2)o1. The molecule has 2 heterocycles. The van der Waals surface area contributed by atoms with Crippen molar-refractivity contribution in [2.24, 2.45) is 17.8 Å². The van der Waals surface area contributed by atoms with E-state index in [4.69, 9.17) is 4.42 Å². The molecule has 2 aromatic heterocycles. The summed E-state index contributed by atoms with van der Waals surface area (Å²) >= 11 is 1.42. The number of aryl methyl sites for hydroxylation is 1. The number of nitrogens with one attached hydrogen (secondary N) is 1. The van der Waals surface area contributed by atoms with Crippen molar-refractivity contribution in [1.82, 2.24) is 10.2 Å². The highest BCUT2D eigenvalue weighted by Crippen LogP contribution is 2.61. The van der Waals surface area contributed by atoms with E-state index >= 15 is 0 Å². The summed E-state index contributed by atoms with van der Waals surface area (Å²) in [6.45, 7) is 1.82. The third-order valence-corrected chi connectivity index (χ3v) is 9.20. The molecule has 4 aliphatic rings. The van der Waals surface area contributed by atoms with Crippen LogP contribution in [0.2, 0.25) is 0 Å². The molecular weight excluding hydrogens is 490 g/mol. The van der Waals surface area contributed by atoms with Crippen molar-refractivity contribution in [3.05, 3.63) is 62.4 Å². The van der Waals surface area contributed by atoms with Gasteiger partial charge in [-0.3, -0.25) is 20.2 Å². The molecule has 188 valence electrons. The molecule has 1 N–H and O–H groups in total. The summed E-state index contributed by atoms with van der Waals surface area (Å²) in [4.78, 5) is 23.6. The summed E-state index contributed by atoms with van der Waals surface area (Å²) in [5.74, 6) is 2.47. The van der Waals surface area contributed by atoms with Crippen LogP contribution in [0.25, 0.3) is 17.4 Å². The quantitative estimate of drug-likeness (QED) is 0.183. The van der Waals surface area contributed by atoms with Gasteiger partial charge in [-0.2, -0.15) is 5.26 Å². The van der Waals surface area contributed by atoms with Crippen LogP contribution in [0, 0.1) is 46.1 Å². The first-order valence-electron chi connectivity index (χ1n) is 12.4. The Morgan fingerprint density at radius 1 is 1.19 bits per heavy atom. The first-order valence-corrected chi connectivity index (χ1v) is 13.3. The van der Waals surface area contributed by atoms with Gasteiger partial charge in [-0.15, -0.1) is 10.2 Å². The molecular formula is C27H25N5O4S. The first-order chi connectivity index (χ1) is 17.8. The number of rotatable bonds is 6. The van der Waals surface area contributed by atoms with E-state index in [2.05, 4.69) is 15.5 Å². The predicted molar refractivity (Wildman–Crippen MR) is 138 cm³/mol. The molecule has 0 saturated heterocycles. The Balaban J connectivity index is 1.19. The Labute approximate surface area is 217 Å². The highest BCUT2D eigenvalue weighted by atomic mass is 32.1. The molecule has 37 heavy (non-hydrogen) atoms. The van der Waals surface area contributed by atoms with Gasteiger partial charge in [-0.05, 0) is 80.9 Å². The summed E-state index contributed by atoms with van der Waals surface area (Å²) in [6.07, 6.45) is 8.86. The third-order valence-electron chi connectivity index (χ3n) is 8.11. The number of benzene rings is 1. The van der Waals surface area contributed by atoms with Crippen LogP contribution in [-0.4, -0.2) is 21.0 Å². The van der Waals surface area contributed by atoms with Crippen LogP contribution in [0.1, 0.15) is 54.9 Å². The van der Waals surface area contributed by atoms with Gasteiger partial charge in [-0.25, -0.2) is 0 Å². The van der Waals surface area contributed by atoms with Gasteiger partial charge in [0.05, 0.1) is 4.92 Å². The Bertz CT molecular complexity index is 1440. The van der Waals surface area contributed by atoms with Crippen LogP contribution < -0.4 is 5.32 Å². The molecule has 9 nitrogen and oxygen atoms in total. The average molecular weight is 516 g/mol. The fraction of sp³-hybridized carbons (Fsp3) is 0.407. The van der Waals surface area contributed by atoms with Crippen molar-refractivity contribution in [1.29, 1.82) is 5.26 Å². The zero-order chi connectivity index (χ0) is 25.7. The smallest absolute Gasteiger partial charge is 0.270 e. The van der Waals surface area contributed by atoms with Crippen molar-refractivity contribution < 1.29 is 14.1 Å². The maximum absolute atomic E-state index is 12.9. The van der Waals surface area contributed by atoms with E-state index < -0.39 is 10.8 Å². The molecule has 0 aliphatic heterocycles. The Kier molecular flexibility index (Phi) is 5.68. The summed E-state index contributed by atoms with van der Waals surface area (Å²) in [7, 11) is 0. The number of nitrogens with zero attached hydrogens (tertiary/aromatic N) is 4. The second kappa shape index (κ2) is 8.92. The van der Waals surface area contributed by atoms with Gasteiger partial charge in [-0.1, -0.05) is 17.4 Å². The molecule has 1 aromatic carbocycles. The highest BCUT2D eigenvalue weighted by Gasteiger charge is 2.53. The van der Waals surface area contributed by atoms with Gasteiger partial charge in [0.15, 0.2) is 0 Å². The topological polar surface area (TPSA) is 135 Å². The molecule has 7 rings (SSSR count). The summed E-state index contributed by atoms with van der Waals surface area (Å²) < 4.78 is 5.80. The van der Waals surface area contributed by atoms with Crippen LogP contribution in [-0.2, 0) is 10.2 Å². The van der Waals surface area contributed by atoms with E-state index in [1.54, 1.807) is 18.2 Å². The van der Waals surface area contributed by atoms with E-state index in [-0.39, 0.29) is 16.7 Å². The molecule has 10 heteroatoms. The van der Waals surface area contributed by atoms with E-state index in [0.717, 1.165) is 47.6 Å². The number of carbonyl (C=O) groups excluding carboxylic acids is 1. The highest BCUT2D eigenvalue weighted by molar-refractivity contribution is 7.15. The lowest BCUT2D eigenvalue weighted by atomic mass is 9.50. The van der Waals surface area contributed by atoms with E-state index in [1.807, 2.05) is 13.0 Å². The molecule has 0 unspecified atom stereocenters. The van der Waals surface area contributed by atoms with Gasteiger partial charge in [0, 0.05) is 29.2 Å². The third kappa shape index (κ3) is 4.33. The largest absolute Gasteiger partial charge is 0.457 e. The van der Waals surface area contributed by atoms with Crippen LogP contribution >= 0.6 is 11.3 Å². The summed E-state index contributed by atoms with van der Waals surface area (Å²) in [6, 6.07) is 9.73. The van der Waals surface area contributed by atoms with Crippen LogP contribution in [0.5, 0.6) is 0 Å². The lowest BCUT2D eigenvalue weighted by molar-refractivity contribution is -0.384. The second-order valence-electron chi connectivity index (χ2n) is 10.7. The van der Waals surface area contributed by atoms with E-state index in [9.17, 15) is 20.2 Å². The zero-order valence-electron chi connectivity index (χ0n) is 20.3. The molecule has 0 radical (unpaired) electrons. The minimum absolute atomic E-state index is 0.0452. The number of nitriles is 1. The van der Waals surface area contributed by atoms with Crippen LogP contribution in [0.3, 0.4) is 0 Å². The predicted octanol–water partition coefficient (Wildman–Crippen LogP) is 6.03. The molecule has 0 atom stereocenters. The number of hydrogen-bond donors (Lipinski definition) is 1. The van der Waals surface area contributed by atoms with Crippen molar-refractivity contribution in [3.8, 4) is 17.4 Å². The lowest BCUT2D eigenvalue weighted by Crippen LogP contribution is -2.48. The number of hydrogen-bond acceptors (Lipinski definition) is 8. The number of carbonyl (C=O) groups is 1. The summed E-state index contributed by atoms with van der Waals surface area (Å²) in [5, 5.41) is 33.6. The van der Waals surface area contributed by atoms with Gasteiger partial charge in [0.25, 0.3) is 11.6 Å². The minimum Gasteiger partial charge on any atom is -0.457 e. The number of furan rings is 1. The Hall–Kier alpha value is -3.84. The number of amides is 1. The number of nitro groups is 1. The molecule has 4 bridgehead atoms. The van der Waals surface area contributed by atoms with Crippen LogP contribution in [0.4, 0.5) is 10.8 Å². The number of nitro benzene ring substituents is 1. The zero-order valence-corrected chi connectivity index (χ0v) is 21.1. The molecule has 0 spiro atoms. The normalized spacial score (nSPS) is 26.2. The molecule has 4 aliphatic carbocycles. The van der Waals surface area contributed by atoms with Crippen LogP contribution in [0.15, 0.2) is 40.3 Å². The average Bonchev–Trinajstić information content (AvgIpc) is 3.52. The first kappa shape index (κ1) is 23.6.